The second-order valence-electron chi connectivity index (χ2n) is 8.09. The van der Waals surface area contributed by atoms with Crippen LogP contribution in [0.3, 0.4) is 0 Å². The molecular formula is C24H26F2N2O4. The van der Waals surface area contributed by atoms with Crippen molar-refractivity contribution in [1.82, 2.24) is 9.80 Å². The number of carbonyl (C=O) groups excluding carboxylic acids is 2. The summed E-state index contributed by atoms with van der Waals surface area (Å²) < 4.78 is 38.8. The number of ether oxygens (including phenoxy) is 2. The van der Waals surface area contributed by atoms with Gasteiger partial charge in [0.2, 0.25) is 5.91 Å². The van der Waals surface area contributed by atoms with E-state index in [1.165, 1.54) is 24.3 Å². The minimum absolute atomic E-state index is 0.0173. The normalized spacial score (nSPS) is 21.3. The van der Waals surface area contributed by atoms with Crippen LogP contribution in [-0.4, -0.2) is 67.1 Å². The smallest absolute Gasteiger partial charge is 0.256 e. The Morgan fingerprint density at radius 1 is 0.969 bits per heavy atom. The SMILES string of the molecule is O=C(C[C@H]1CN(C(=O)c2ccccc2F)CC[C@@H]1Oc1ccc(F)cc1)N1CCOCC1. The fourth-order valence-corrected chi connectivity index (χ4v) is 4.21. The summed E-state index contributed by atoms with van der Waals surface area (Å²) in [6.45, 7) is 2.73. The van der Waals surface area contributed by atoms with Crippen molar-refractivity contribution in [2.24, 2.45) is 5.92 Å². The highest BCUT2D eigenvalue weighted by Gasteiger charge is 2.36. The molecule has 4 rings (SSSR count). The van der Waals surface area contributed by atoms with Crippen LogP contribution < -0.4 is 4.74 Å². The van der Waals surface area contributed by atoms with Crippen molar-refractivity contribution in [2.45, 2.75) is 18.9 Å². The third-order valence-corrected chi connectivity index (χ3v) is 5.96. The van der Waals surface area contributed by atoms with E-state index in [-0.39, 0.29) is 42.3 Å². The van der Waals surface area contributed by atoms with Gasteiger partial charge in [0.1, 0.15) is 23.5 Å². The summed E-state index contributed by atoms with van der Waals surface area (Å²) in [4.78, 5) is 29.2. The van der Waals surface area contributed by atoms with E-state index in [9.17, 15) is 18.4 Å². The number of hydrogen-bond acceptors (Lipinski definition) is 4. The Bertz CT molecular complexity index is 947. The lowest BCUT2D eigenvalue weighted by molar-refractivity contribution is -0.137. The molecule has 2 amide bonds. The minimum atomic E-state index is -0.567. The fourth-order valence-electron chi connectivity index (χ4n) is 4.21. The van der Waals surface area contributed by atoms with Crippen LogP contribution in [0.25, 0.3) is 0 Å². The maximum Gasteiger partial charge on any atom is 0.256 e. The molecule has 32 heavy (non-hydrogen) atoms. The van der Waals surface area contributed by atoms with Crippen molar-refractivity contribution < 1.29 is 27.8 Å². The monoisotopic (exact) mass is 444 g/mol. The predicted octanol–water partition coefficient (Wildman–Crippen LogP) is 3.12. The fraction of sp³-hybridized carbons (Fsp3) is 0.417. The van der Waals surface area contributed by atoms with E-state index in [2.05, 4.69) is 0 Å². The molecule has 0 unspecified atom stereocenters. The summed E-state index contributed by atoms with van der Waals surface area (Å²) in [5.74, 6) is -1.11. The van der Waals surface area contributed by atoms with E-state index in [0.29, 0.717) is 45.0 Å². The summed E-state index contributed by atoms with van der Waals surface area (Å²) in [5.41, 5.74) is 0.0173. The lowest BCUT2D eigenvalue weighted by atomic mass is 9.90. The Labute approximate surface area is 185 Å². The van der Waals surface area contributed by atoms with Gasteiger partial charge in [0.05, 0.1) is 18.8 Å². The molecule has 2 fully saturated rings. The molecule has 8 heteroatoms. The third-order valence-electron chi connectivity index (χ3n) is 5.96. The summed E-state index contributed by atoms with van der Waals surface area (Å²) >= 11 is 0. The summed E-state index contributed by atoms with van der Waals surface area (Å²) in [6.07, 6.45) is 0.362. The highest BCUT2D eigenvalue weighted by molar-refractivity contribution is 5.94. The number of carbonyl (C=O) groups is 2. The van der Waals surface area contributed by atoms with Gasteiger partial charge in [-0.2, -0.15) is 0 Å². The van der Waals surface area contributed by atoms with Gasteiger partial charge in [-0.1, -0.05) is 12.1 Å². The Balaban J connectivity index is 1.50. The highest BCUT2D eigenvalue weighted by Crippen LogP contribution is 2.28. The molecule has 2 aliphatic heterocycles. The van der Waals surface area contributed by atoms with Gasteiger partial charge in [-0.25, -0.2) is 8.78 Å². The molecule has 0 saturated carbocycles. The number of nitrogens with zero attached hydrogens (tertiary/aromatic N) is 2. The van der Waals surface area contributed by atoms with Crippen LogP contribution in [0.5, 0.6) is 5.75 Å². The summed E-state index contributed by atoms with van der Waals surface area (Å²) in [5, 5.41) is 0. The van der Waals surface area contributed by atoms with Crippen molar-refractivity contribution in [2.75, 3.05) is 39.4 Å². The standard InChI is InChI=1S/C24H26F2N2O4/c25-18-5-7-19(8-6-18)32-22-9-10-28(24(30)20-3-1-2-4-21(20)26)16-17(22)15-23(29)27-11-13-31-14-12-27/h1-8,17,22H,9-16H2/t17-,22-/m0/s1. The molecule has 2 aromatic carbocycles. The molecule has 2 aliphatic rings. The zero-order chi connectivity index (χ0) is 22.5. The molecule has 0 spiro atoms. The van der Waals surface area contributed by atoms with Gasteiger partial charge in [0.25, 0.3) is 5.91 Å². The second-order valence-corrected chi connectivity index (χ2v) is 8.09. The summed E-state index contributed by atoms with van der Waals surface area (Å²) in [6, 6.07) is 11.6. The molecular weight excluding hydrogens is 418 g/mol. The molecule has 6 nitrogen and oxygen atoms in total. The van der Waals surface area contributed by atoms with Gasteiger partial charge in [-0.3, -0.25) is 9.59 Å². The maximum absolute atomic E-state index is 14.2. The highest BCUT2D eigenvalue weighted by atomic mass is 19.1. The van der Waals surface area contributed by atoms with Crippen LogP contribution in [0.1, 0.15) is 23.2 Å². The summed E-state index contributed by atoms with van der Waals surface area (Å²) in [7, 11) is 0. The first-order chi connectivity index (χ1) is 15.5. The number of halogens is 2. The zero-order valence-electron chi connectivity index (χ0n) is 17.7. The second kappa shape index (κ2) is 10.1. The lowest BCUT2D eigenvalue weighted by Gasteiger charge is -2.39. The van der Waals surface area contributed by atoms with Crippen LogP contribution in [0.15, 0.2) is 48.5 Å². The average molecular weight is 444 g/mol. The number of piperidine rings is 1. The van der Waals surface area contributed by atoms with Crippen LogP contribution in [0, 0.1) is 17.6 Å². The largest absolute Gasteiger partial charge is 0.490 e. The van der Waals surface area contributed by atoms with Gasteiger partial charge in [-0.05, 0) is 36.4 Å². The van der Waals surface area contributed by atoms with Gasteiger partial charge < -0.3 is 19.3 Å². The van der Waals surface area contributed by atoms with Crippen molar-refractivity contribution in [3.63, 3.8) is 0 Å². The van der Waals surface area contributed by atoms with Crippen molar-refractivity contribution in [3.8, 4) is 5.75 Å². The molecule has 0 aliphatic carbocycles. The van der Waals surface area contributed by atoms with E-state index in [1.54, 1.807) is 34.1 Å². The van der Waals surface area contributed by atoms with Crippen LogP contribution in [0.4, 0.5) is 8.78 Å². The Hall–Kier alpha value is -3.00. The number of rotatable bonds is 5. The Morgan fingerprint density at radius 2 is 1.69 bits per heavy atom. The van der Waals surface area contributed by atoms with E-state index in [1.807, 2.05) is 0 Å². The first kappa shape index (κ1) is 22.2. The topological polar surface area (TPSA) is 59.1 Å². The van der Waals surface area contributed by atoms with Gasteiger partial charge >= 0.3 is 0 Å². The van der Waals surface area contributed by atoms with Crippen molar-refractivity contribution >= 4 is 11.8 Å². The molecule has 2 atom stereocenters. The van der Waals surface area contributed by atoms with E-state index in [4.69, 9.17) is 9.47 Å². The number of hydrogen-bond donors (Lipinski definition) is 0. The Kier molecular flexibility index (Phi) is 6.99. The molecule has 2 aromatic rings. The molecule has 2 heterocycles. The number of amides is 2. The van der Waals surface area contributed by atoms with Crippen LogP contribution >= 0.6 is 0 Å². The van der Waals surface area contributed by atoms with Crippen molar-refractivity contribution in [3.05, 3.63) is 65.7 Å². The lowest BCUT2D eigenvalue weighted by Crippen LogP contribution is -2.50. The molecule has 170 valence electrons. The quantitative estimate of drug-likeness (QED) is 0.711. The molecule has 2 saturated heterocycles. The Morgan fingerprint density at radius 3 is 2.41 bits per heavy atom. The number of benzene rings is 2. The maximum atomic E-state index is 14.2. The number of morpholine rings is 1. The van der Waals surface area contributed by atoms with E-state index in [0.717, 1.165) is 0 Å². The molecule has 0 bridgehead atoms. The van der Waals surface area contributed by atoms with Crippen LogP contribution in [0.2, 0.25) is 0 Å². The average Bonchev–Trinajstić information content (AvgIpc) is 2.82. The molecule has 0 radical (unpaired) electrons. The predicted molar refractivity (Wildman–Crippen MR) is 113 cm³/mol. The van der Waals surface area contributed by atoms with Crippen molar-refractivity contribution in [1.29, 1.82) is 0 Å². The molecule has 0 aromatic heterocycles. The van der Waals surface area contributed by atoms with Gasteiger partial charge in [-0.15, -0.1) is 0 Å². The zero-order valence-corrected chi connectivity index (χ0v) is 17.7. The first-order valence-electron chi connectivity index (χ1n) is 10.8. The van der Waals surface area contributed by atoms with Gasteiger partial charge in [0, 0.05) is 44.9 Å². The van der Waals surface area contributed by atoms with E-state index < -0.39 is 11.7 Å². The first-order valence-corrected chi connectivity index (χ1v) is 10.8. The molecule has 0 N–H and O–H groups in total. The number of likely N-dealkylation sites (tertiary alicyclic amines) is 1. The third kappa shape index (κ3) is 5.24. The van der Waals surface area contributed by atoms with Crippen LogP contribution in [-0.2, 0) is 9.53 Å². The minimum Gasteiger partial charge on any atom is -0.490 e. The van der Waals surface area contributed by atoms with Gasteiger partial charge in [0.15, 0.2) is 0 Å². The van der Waals surface area contributed by atoms with E-state index >= 15 is 0 Å².